The van der Waals surface area contributed by atoms with Gasteiger partial charge in [0.05, 0.1) is 27.3 Å². The number of alkyl halides is 3. The summed E-state index contributed by atoms with van der Waals surface area (Å²) in [6, 6.07) is 7.34. The van der Waals surface area contributed by atoms with Crippen LogP contribution in [0.3, 0.4) is 0 Å². The molecule has 1 unspecified atom stereocenters. The zero-order chi connectivity index (χ0) is 27.6. The van der Waals surface area contributed by atoms with E-state index in [2.05, 4.69) is 10.2 Å². The van der Waals surface area contributed by atoms with Gasteiger partial charge in [-0.2, -0.15) is 17.5 Å². The van der Waals surface area contributed by atoms with Crippen molar-refractivity contribution in [3.8, 4) is 0 Å². The minimum Gasteiger partial charge on any atom is -0.351 e. The molecule has 1 N–H and O–H groups in total. The van der Waals surface area contributed by atoms with Crippen molar-refractivity contribution in [1.82, 2.24) is 14.5 Å². The molecular formula is C24H27Cl2F4N3O3S. The van der Waals surface area contributed by atoms with E-state index in [0.717, 1.165) is 18.4 Å². The van der Waals surface area contributed by atoms with E-state index in [9.17, 15) is 30.8 Å². The third-order valence-electron chi connectivity index (χ3n) is 6.58. The van der Waals surface area contributed by atoms with Crippen LogP contribution in [0.5, 0.6) is 0 Å². The van der Waals surface area contributed by atoms with Crippen LogP contribution in [-0.2, 0) is 33.0 Å². The van der Waals surface area contributed by atoms with Crippen LogP contribution in [0.2, 0.25) is 10.0 Å². The first-order valence-corrected chi connectivity index (χ1v) is 14.0. The molecule has 37 heavy (non-hydrogen) atoms. The van der Waals surface area contributed by atoms with Crippen molar-refractivity contribution in [2.24, 2.45) is 0 Å². The smallest absolute Gasteiger partial charge is 0.351 e. The number of piperazine rings is 1. The lowest BCUT2D eigenvalue weighted by Crippen LogP contribution is -2.50. The van der Waals surface area contributed by atoms with Crippen molar-refractivity contribution in [2.45, 2.75) is 31.5 Å². The third kappa shape index (κ3) is 7.35. The van der Waals surface area contributed by atoms with Crippen molar-refractivity contribution in [1.29, 1.82) is 0 Å². The molecule has 1 saturated heterocycles. The predicted molar refractivity (Wildman–Crippen MR) is 135 cm³/mol. The molecule has 0 aliphatic carbocycles. The number of hydrogen-bond acceptors (Lipinski definition) is 4. The Bertz CT molecular complexity index is 1250. The first-order chi connectivity index (χ1) is 17.1. The molecule has 1 atom stereocenters. The molecule has 0 spiro atoms. The summed E-state index contributed by atoms with van der Waals surface area (Å²) in [4.78, 5) is 15.5. The molecule has 0 radical (unpaired) electrons. The Labute approximate surface area is 223 Å². The number of halogens is 6. The van der Waals surface area contributed by atoms with Gasteiger partial charge >= 0.3 is 6.18 Å². The van der Waals surface area contributed by atoms with Crippen molar-refractivity contribution in [2.75, 3.05) is 39.0 Å². The fourth-order valence-corrected chi connectivity index (χ4v) is 5.30. The molecule has 1 fully saturated rings. The van der Waals surface area contributed by atoms with E-state index in [1.54, 1.807) is 25.1 Å². The van der Waals surface area contributed by atoms with Crippen molar-refractivity contribution < 1.29 is 30.8 Å². The highest BCUT2D eigenvalue weighted by Crippen LogP contribution is 2.34. The van der Waals surface area contributed by atoms with Crippen LogP contribution in [0.15, 0.2) is 36.4 Å². The quantitative estimate of drug-likeness (QED) is 0.458. The Kier molecular flexibility index (Phi) is 9.17. The number of sulfonamides is 1. The average molecular weight is 584 g/mol. The molecule has 1 amide bonds. The molecule has 0 saturated carbocycles. The highest BCUT2D eigenvalue weighted by molar-refractivity contribution is 7.88. The molecule has 2 aromatic carbocycles. The molecule has 0 bridgehead atoms. The standard InChI is InChI=1S/C24H27Cl2F4N3O3S/c1-23(17-4-6-19(25)20(26)14-17,7-8-32-9-11-33(12-10-32)37(2,35)36)22(34)31-15-16-3-5-18(21(27)13-16)24(28,29)30/h3-6,13-14H,7-12,15H2,1-2H3,(H,31,34). The van der Waals surface area contributed by atoms with Crippen molar-refractivity contribution in [3.63, 3.8) is 0 Å². The van der Waals surface area contributed by atoms with Crippen molar-refractivity contribution >= 4 is 39.1 Å². The Morgan fingerprint density at radius 1 is 1.03 bits per heavy atom. The second kappa shape index (κ2) is 11.4. The number of amides is 1. The summed E-state index contributed by atoms with van der Waals surface area (Å²) in [7, 11) is -3.28. The summed E-state index contributed by atoms with van der Waals surface area (Å²) in [6.07, 6.45) is -3.32. The summed E-state index contributed by atoms with van der Waals surface area (Å²) in [5.74, 6) is -1.85. The highest BCUT2D eigenvalue weighted by Gasteiger charge is 2.37. The van der Waals surface area contributed by atoms with Crippen molar-refractivity contribution in [3.05, 3.63) is 69.0 Å². The maximum atomic E-state index is 14.0. The van der Waals surface area contributed by atoms with Crippen LogP contribution >= 0.6 is 23.2 Å². The molecule has 2 aromatic rings. The van der Waals surface area contributed by atoms with E-state index in [4.69, 9.17) is 23.2 Å². The molecule has 6 nitrogen and oxygen atoms in total. The molecule has 13 heteroatoms. The monoisotopic (exact) mass is 583 g/mol. The van der Waals surface area contributed by atoms with Crippen LogP contribution < -0.4 is 5.32 Å². The predicted octanol–water partition coefficient (Wildman–Crippen LogP) is 4.69. The summed E-state index contributed by atoms with van der Waals surface area (Å²) >= 11 is 12.3. The van der Waals surface area contributed by atoms with Gasteiger partial charge in [0.15, 0.2) is 0 Å². The number of nitrogens with one attached hydrogen (secondary N) is 1. The molecule has 0 aromatic heterocycles. The fraction of sp³-hybridized carbons (Fsp3) is 0.458. The van der Waals surface area contributed by atoms with Crippen LogP contribution in [0, 0.1) is 5.82 Å². The van der Waals surface area contributed by atoms with Gasteiger partial charge in [0.1, 0.15) is 5.82 Å². The third-order valence-corrected chi connectivity index (χ3v) is 8.62. The van der Waals surface area contributed by atoms with Gasteiger partial charge in [0.25, 0.3) is 0 Å². The number of hydrogen-bond donors (Lipinski definition) is 1. The fourth-order valence-electron chi connectivity index (χ4n) is 4.17. The van der Waals surface area contributed by atoms with Gasteiger partial charge in [-0.3, -0.25) is 4.79 Å². The minimum absolute atomic E-state index is 0.173. The Morgan fingerprint density at radius 2 is 1.68 bits per heavy atom. The van der Waals surface area contributed by atoms with Gasteiger partial charge in [0.2, 0.25) is 15.9 Å². The summed E-state index contributed by atoms with van der Waals surface area (Å²) in [5.41, 5.74) is -1.74. The Hall–Kier alpha value is -1.92. The van der Waals surface area contributed by atoms with E-state index in [0.29, 0.717) is 55.8 Å². The zero-order valence-electron chi connectivity index (χ0n) is 20.2. The Balaban J connectivity index is 1.76. The lowest BCUT2D eigenvalue weighted by Gasteiger charge is -2.36. The van der Waals surface area contributed by atoms with Gasteiger partial charge in [-0.05, 0) is 55.3 Å². The number of benzene rings is 2. The second-order valence-corrected chi connectivity index (χ2v) is 12.0. The van der Waals surface area contributed by atoms with Crippen LogP contribution in [0.4, 0.5) is 17.6 Å². The summed E-state index contributed by atoms with van der Waals surface area (Å²) in [5, 5.41) is 3.27. The maximum absolute atomic E-state index is 14.0. The van der Waals surface area contributed by atoms with E-state index < -0.39 is 38.9 Å². The second-order valence-electron chi connectivity index (χ2n) is 9.21. The average Bonchev–Trinajstić information content (AvgIpc) is 2.81. The van der Waals surface area contributed by atoms with Gasteiger partial charge < -0.3 is 10.2 Å². The SMILES string of the molecule is CC(CCN1CCN(S(C)(=O)=O)CC1)(C(=O)NCc1ccc(C(F)(F)F)c(F)c1)c1ccc(Cl)c(Cl)c1. The molecular weight excluding hydrogens is 557 g/mol. The van der Waals surface area contributed by atoms with Gasteiger partial charge in [-0.25, -0.2) is 12.8 Å². The lowest BCUT2D eigenvalue weighted by molar-refractivity contribution is -0.140. The number of nitrogens with zero attached hydrogens (tertiary/aromatic N) is 2. The van der Waals surface area contributed by atoms with Crippen LogP contribution in [0.25, 0.3) is 0 Å². The normalized spacial score (nSPS) is 17.4. The lowest BCUT2D eigenvalue weighted by atomic mass is 9.78. The number of carbonyl (C=O) groups excluding carboxylic acids is 1. The number of carbonyl (C=O) groups is 1. The summed E-state index contributed by atoms with van der Waals surface area (Å²) < 4.78 is 77.5. The first-order valence-electron chi connectivity index (χ1n) is 11.4. The summed E-state index contributed by atoms with van der Waals surface area (Å²) in [6.45, 7) is 3.67. The van der Waals surface area contributed by atoms with E-state index in [-0.39, 0.29) is 17.1 Å². The van der Waals surface area contributed by atoms with E-state index >= 15 is 0 Å². The maximum Gasteiger partial charge on any atom is 0.419 e. The van der Waals surface area contributed by atoms with E-state index in [1.165, 1.54) is 4.31 Å². The van der Waals surface area contributed by atoms with Crippen LogP contribution in [-0.4, -0.2) is 62.5 Å². The minimum atomic E-state index is -4.81. The Morgan fingerprint density at radius 3 is 2.22 bits per heavy atom. The molecule has 1 aliphatic rings. The topological polar surface area (TPSA) is 69.7 Å². The molecule has 1 heterocycles. The molecule has 1 aliphatic heterocycles. The largest absolute Gasteiger partial charge is 0.419 e. The van der Waals surface area contributed by atoms with Gasteiger partial charge in [-0.1, -0.05) is 35.3 Å². The zero-order valence-corrected chi connectivity index (χ0v) is 22.5. The highest BCUT2D eigenvalue weighted by atomic mass is 35.5. The van der Waals surface area contributed by atoms with Gasteiger partial charge in [0, 0.05) is 32.7 Å². The molecule has 3 rings (SSSR count). The van der Waals surface area contributed by atoms with Crippen LogP contribution in [0.1, 0.15) is 30.0 Å². The van der Waals surface area contributed by atoms with Gasteiger partial charge in [-0.15, -0.1) is 0 Å². The van der Waals surface area contributed by atoms with E-state index in [1.807, 2.05) is 0 Å². The molecule has 204 valence electrons. The first kappa shape index (κ1) is 29.6. The number of rotatable bonds is 8.